The number of esters is 2. The number of hydrogen-bond donors (Lipinski definition) is 2. The fourth-order valence-electron chi connectivity index (χ4n) is 11.7. The molecule has 95 heavy (non-hydrogen) atoms. The SMILES string of the molecule is C#Cc1ncn2c1Cc1c(C(=O)O)nnn1-c1cc(C)ccc1-2.CC(=O)c1nnn2c1Cc1c(Br)ncn1-c1ccc(C)cc1-2.CCOC(=O)c1nnn2c1Cc1c(Br)ncn1-c1ccc(C)cc1-2.CCOC(=O)c1nnn2c1Cc1c(C(=O)O)ncn1-c1ccc(C)cc1-2. The normalized spacial score (nSPS) is 12.0. The maximum Gasteiger partial charge on any atom is 0.360 e. The number of aryl methyl sites for hydroxylation is 4. The van der Waals surface area contributed by atoms with Gasteiger partial charge in [0, 0.05) is 32.6 Å². The molecule has 4 aliphatic rings. The third-order valence-electron chi connectivity index (χ3n) is 16.0. The first kappa shape index (κ1) is 62.2. The number of halogens is 2. The van der Waals surface area contributed by atoms with E-state index < -0.39 is 23.9 Å². The molecule has 0 saturated carbocycles. The molecule has 476 valence electrons. The van der Waals surface area contributed by atoms with E-state index in [0.717, 1.165) is 88.4 Å². The van der Waals surface area contributed by atoms with Crippen LogP contribution in [0, 0.1) is 40.0 Å². The molecule has 4 aromatic carbocycles. The van der Waals surface area contributed by atoms with Crippen LogP contribution in [-0.4, -0.2) is 151 Å². The summed E-state index contributed by atoms with van der Waals surface area (Å²) in [6.07, 6.45) is 13.6. The summed E-state index contributed by atoms with van der Waals surface area (Å²) in [5.41, 5.74) is 17.5. The van der Waals surface area contributed by atoms with Gasteiger partial charge in [-0.15, -0.1) is 26.8 Å². The van der Waals surface area contributed by atoms with Gasteiger partial charge in [0.25, 0.3) is 0 Å². The molecule has 0 atom stereocenters. The van der Waals surface area contributed by atoms with Crippen molar-refractivity contribution in [1.29, 1.82) is 0 Å². The van der Waals surface area contributed by atoms with Crippen molar-refractivity contribution in [2.45, 2.75) is 74.1 Å². The molecule has 0 aliphatic carbocycles. The van der Waals surface area contributed by atoms with Crippen molar-refractivity contribution in [2.24, 2.45) is 0 Å². The number of carboxylic acid groups (broad SMARTS) is 2. The zero-order valence-electron chi connectivity index (χ0n) is 51.5. The quantitative estimate of drug-likeness (QED) is 0.0863. The lowest BCUT2D eigenvalue weighted by Gasteiger charge is -2.10. The number of rotatable bonds is 7. The highest BCUT2D eigenvalue weighted by molar-refractivity contribution is 9.10. The molecule has 12 aromatic rings. The first-order valence-electron chi connectivity index (χ1n) is 29.3. The number of fused-ring (bicyclic) bond motifs is 20. The number of ketones is 1. The highest BCUT2D eigenvalue weighted by Crippen LogP contribution is 2.36. The number of terminal acetylenes is 1. The third-order valence-corrected chi connectivity index (χ3v) is 17.4. The van der Waals surface area contributed by atoms with E-state index in [4.69, 9.17) is 15.9 Å². The standard InChI is InChI=1S/C17H15N5O4.C16H14BrN5O2.C16H11N5O2.C15H12BrN5O/c1-3-26-17(25)15-13-7-12-14(16(23)24)18-8-21(12)10-5-4-9(2)6-11(10)22(13)20-19-15;1-3-24-16(23)14-12-7-13-15(17)18-8-21(13)10-5-4-9(2)6-11(10)22(12)20-19-14;1-3-10-12-7-14-15(16(22)23)18-19-21(14)13-6-9(2)4-5-11(13)20(12)8-17-10;1-8-3-4-10-11(5-8)21-12(14(9(2)22)18-19-21)6-13-15(16)17-7-20(10)13/h4-6,8H,3,7H2,1-2H3,(H,23,24);4-6,8H,3,7H2,1-2H3;1,4-6,8H,7H2,2H3,(H,22,23);3-5,7H,6H2,1-2H3. The maximum absolute atomic E-state index is 12.3. The molecule has 0 fully saturated rings. The van der Waals surface area contributed by atoms with Crippen LogP contribution in [-0.2, 0) is 35.2 Å². The molecule has 0 saturated heterocycles. The number of aromatic nitrogens is 20. The average Bonchev–Trinajstić information content (AvgIpc) is 1.63. The molecular formula is C64H52Br2N20O9. The molecule has 16 rings (SSSR count). The minimum Gasteiger partial charge on any atom is -0.476 e. The Kier molecular flexibility index (Phi) is 16.2. The van der Waals surface area contributed by atoms with Crippen molar-refractivity contribution in [3.05, 3.63) is 209 Å². The fraction of sp³-hybridized carbons (Fsp3) is 0.203. The van der Waals surface area contributed by atoms with E-state index in [-0.39, 0.29) is 41.6 Å². The van der Waals surface area contributed by atoms with Crippen molar-refractivity contribution in [1.82, 2.24) is 98.2 Å². The Morgan fingerprint density at radius 3 is 1.16 bits per heavy atom. The van der Waals surface area contributed by atoms with Gasteiger partial charge in [0.2, 0.25) is 0 Å². The second-order valence-corrected chi connectivity index (χ2v) is 23.6. The maximum atomic E-state index is 12.3. The summed E-state index contributed by atoms with van der Waals surface area (Å²) in [7, 11) is 0. The minimum absolute atomic E-state index is 0.0685. The van der Waals surface area contributed by atoms with Gasteiger partial charge in [0.1, 0.15) is 40.2 Å². The van der Waals surface area contributed by atoms with Crippen LogP contribution in [0.4, 0.5) is 0 Å². The number of carbonyl (C=O) groups excluding carboxylic acids is 3. The number of hydrogen-bond acceptors (Lipinski definition) is 19. The predicted octanol–water partition coefficient (Wildman–Crippen LogP) is 8.12. The third kappa shape index (κ3) is 10.9. The van der Waals surface area contributed by atoms with Crippen LogP contribution >= 0.6 is 31.9 Å². The van der Waals surface area contributed by atoms with Crippen LogP contribution in [0.3, 0.4) is 0 Å². The summed E-state index contributed by atoms with van der Waals surface area (Å²) >= 11 is 6.98. The van der Waals surface area contributed by atoms with Crippen molar-refractivity contribution in [2.75, 3.05) is 13.2 Å². The zero-order valence-corrected chi connectivity index (χ0v) is 54.7. The van der Waals surface area contributed by atoms with E-state index in [1.165, 1.54) is 13.3 Å². The van der Waals surface area contributed by atoms with Gasteiger partial charge in [-0.05, 0) is 150 Å². The Labute approximate surface area is 554 Å². The van der Waals surface area contributed by atoms with Crippen molar-refractivity contribution < 1.29 is 43.7 Å². The van der Waals surface area contributed by atoms with E-state index in [1.807, 2.05) is 114 Å². The largest absolute Gasteiger partial charge is 0.476 e. The number of nitrogens with zero attached hydrogens (tertiary/aromatic N) is 20. The van der Waals surface area contributed by atoms with E-state index in [0.29, 0.717) is 71.4 Å². The van der Waals surface area contributed by atoms with Gasteiger partial charge in [0.05, 0.1) is 104 Å². The molecule has 12 heterocycles. The second-order valence-electron chi connectivity index (χ2n) is 22.1. The lowest BCUT2D eigenvalue weighted by atomic mass is 10.1. The average molecular weight is 1410 g/mol. The Morgan fingerprint density at radius 1 is 0.442 bits per heavy atom. The smallest absolute Gasteiger partial charge is 0.360 e. The van der Waals surface area contributed by atoms with Crippen LogP contribution in [0.5, 0.6) is 0 Å². The molecular weight excluding hydrogens is 1350 g/mol. The van der Waals surface area contributed by atoms with Crippen LogP contribution in [0.2, 0.25) is 0 Å². The molecule has 31 heteroatoms. The highest BCUT2D eigenvalue weighted by Gasteiger charge is 2.34. The monoisotopic (exact) mass is 1400 g/mol. The molecule has 29 nitrogen and oxygen atoms in total. The molecule has 0 spiro atoms. The molecule has 4 aliphatic heterocycles. The summed E-state index contributed by atoms with van der Waals surface area (Å²) in [5.74, 6) is -0.836. The first-order valence-corrected chi connectivity index (χ1v) is 30.9. The summed E-state index contributed by atoms with van der Waals surface area (Å²) in [4.78, 5) is 76.3. The molecule has 0 amide bonds. The Balaban J connectivity index is 0.000000115. The number of imidazole rings is 4. The number of ether oxygens (including phenoxy) is 2. The van der Waals surface area contributed by atoms with Crippen molar-refractivity contribution in [3.63, 3.8) is 0 Å². The molecule has 0 bridgehead atoms. The summed E-state index contributed by atoms with van der Waals surface area (Å²) < 4.78 is 25.9. The van der Waals surface area contributed by atoms with Crippen LogP contribution in [0.1, 0.15) is 147 Å². The predicted molar refractivity (Wildman–Crippen MR) is 343 cm³/mol. The second kappa shape index (κ2) is 24.8. The summed E-state index contributed by atoms with van der Waals surface area (Å²) in [5, 5.41) is 51.4. The number of carboxylic acids is 2. The van der Waals surface area contributed by atoms with Crippen LogP contribution in [0.15, 0.2) is 107 Å². The number of benzene rings is 4. The van der Waals surface area contributed by atoms with Gasteiger partial charge in [-0.1, -0.05) is 45.1 Å². The lowest BCUT2D eigenvalue weighted by Crippen LogP contribution is -2.11. The van der Waals surface area contributed by atoms with E-state index in [2.05, 4.69) is 99.0 Å². The van der Waals surface area contributed by atoms with Gasteiger partial charge < -0.3 is 19.7 Å². The lowest BCUT2D eigenvalue weighted by molar-refractivity contribution is 0.0508. The van der Waals surface area contributed by atoms with E-state index in [9.17, 15) is 34.2 Å². The first-order chi connectivity index (χ1) is 45.8. The molecule has 0 radical (unpaired) electrons. The Hall–Kier alpha value is -11.7. The number of aromatic carboxylic acids is 2. The Bertz CT molecular complexity index is 5220. The molecule has 8 aromatic heterocycles. The van der Waals surface area contributed by atoms with Gasteiger partial charge in [-0.25, -0.2) is 57.8 Å². The van der Waals surface area contributed by atoms with Crippen LogP contribution < -0.4 is 0 Å². The van der Waals surface area contributed by atoms with Gasteiger partial charge in [-0.2, -0.15) is 0 Å². The minimum atomic E-state index is -1.13. The van der Waals surface area contributed by atoms with Crippen LogP contribution in [0.25, 0.3) is 45.5 Å². The zero-order chi connectivity index (χ0) is 66.8. The van der Waals surface area contributed by atoms with Gasteiger partial charge >= 0.3 is 23.9 Å². The van der Waals surface area contributed by atoms with E-state index >= 15 is 0 Å². The van der Waals surface area contributed by atoms with Gasteiger partial charge in [0.15, 0.2) is 34.3 Å². The number of carbonyl (C=O) groups is 5. The summed E-state index contributed by atoms with van der Waals surface area (Å²) in [6.45, 7) is 13.4. The molecule has 2 N–H and O–H groups in total. The number of Topliss-reactive ketones (excluding diaryl/α,β-unsaturated/α-hetero) is 1. The highest BCUT2D eigenvalue weighted by atomic mass is 79.9. The van der Waals surface area contributed by atoms with Gasteiger partial charge in [-0.3, -0.25) is 23.1 Å². The fourth-order valence-corrected chi connectivity index (χ4v) is 12.5. The molecule has 0 unspecified atom stereocenters. The van der Waals surface area contributed by atoms with Crippen molar-refractivity contribution in [3.8, 4) is 57.8 Å². The Morgan fingerprint density at radius 2 is 0.768 bits per heavy atom. The van der Waals surface area contributed by atoms with E-state index in [1.54, 1.807) is 56.1 Å². The summed E-state index contributed by atoms with van der Waals surface area (Å²) in [6, 6.07) is 23.7. The van der Waals surface area contributed by atoms with Crippen molar-refractivity contribution >= 4 is 61.5 Å². The topological polar surface area (TPSA) is 338 Å².